The van der Waals surface area contributed by atoms with Gasteiger partial charge in [-0.1, -0.05) is 6.07 Å². The molecule has 2 rings (SSSR count). The number of esters is 1. The number of carbonyl (C=O) groups excluding carboxylic acids is 1. The Bertz CT molecular complexity index is 593. The standard InChI is InChI=1S/C13H15N3O3/c1-16-7-6-9(15-16)8-19-13(17)12-10(14)4-3-5-11(12)18-2/h3-7H,8,14H2,1-2H3. The van der Waals surface area contributed by atoms with Gasteiger partial charge in [0.2, 0.25) is 0 Å². The number of hydrogen-bond acceptors (Lipinski definition) is 5. The lowest BCUT2D eigenvalue weighted by Gasteiger charge is -2.10. The number of aromatic nitrogens is 2. The number of methoxy groups -OCH3 is 1. The van der Waals surface area contributed by atoms with Crippen LogP contribution in [0.1, 0.15) is 16.1 Å². The van der Waals surface area contributed by atoms with Crippen molar-refractivity contribution in [3.8, 4) is 5.75 Å². The Morgan fingerprint density at radius 1 is 1.42 bits per heavy atom. The normalized spacial score (nSPS) is 10.2. The van der Waals surface area contributed by atoms with E-state index >= 15 is 0 Å². The average molecular weight is 261 g/mol. The van der Waals surface area contributed by atoms with Crippen molar-refractivity contribution in [2.75, 3.05) is 12.8 Å². The first-order valence-electron chi connectivity index (χ1n) is 5.70. The van der Waals surface area contributed by atoms with E-state index in [0.29, 0.717) is 17.1 Å². The quantitative estimate of drug-likeness (QED) is 0.664. The Labute approximate surface area is 110 Å². The minimum absolute atomic E-state index is 0.0944. The minimum Gasteiger partial charge on any atom is -0.496 e. The van der Waals surface area contributed by atoms with Gasteiger partial charge in [0.15, 0.2) is 0 Å². The van der Waals surface area contributed by atoms with Crippen molar-refractivity contribution in [1.82, 2.24) is 9.78 Å². The molecule has 6 nitrogen and oxygen atoms in total. The molecule has 0 unspecified atom stereocenters. The maximum Gasteiger partial charge on any atom is 0.344 e. The second kappa shape index (κ2) is 5.43. The number of nitrogens with two attached hydrogens (primary N) is 1. The monoisotopic (exact) mass is 261 g/mol. The zero-order chi connectivity index (χ0) is 13.8. The van der Waals surface area contributed by atoms with Crippen LogP contribution in [0.5, 0.6) is 5.75 Å². The van der Waals surface area contributed by atoms with Gasteiger partial charge in [-0.3, -0.25) is 4.68 Å². The summed E-state index contributed by atoms with van der Waals surface area (Å²) in [4.78, 5) is 12.0. The molecule has 2 N–H and O–H groups in total. The number of rotatable bonds is 4. The van der Waals surface area contributed by atoms with E-state index in [-0.39, 0.29) is 12.2 Å². The third kappa shape index (κ3) is 2.85. The molecule has 0 aliphatic carbocycles. The van der Waals surface area contributed by atoms with E-state index < -0.39 is 5.97 Å². The van der Waals surface area contributed by atoms with Gasteiger partial charge in [-0.05, 0) is 18.2 Å². The third-order valence-electron chi connectivity index (χ3n) is 2.60. The Hall–Kier alpha value is -2.50. The molecule has 0 amide bonds. The van der Waals surface area contributed by atoms with E-state index in [1.165, 1.54) is 7.11 Å². The zero-order valence-electron chi connectivity index (χ0n) is 10.8. The molecule has 0 atom stereocenters. The molecule has 1 aromatic heterocycles. The number of nitrogens with zero attached hydrogens (tertiary/aromatic N) is 2. The van der Waals surface area contributed by atoms with Gasteiger partial charge in [-0.2, -0.15) is 5.10 Å². The summed E-state index contributed by atoms with van der Waals surface area (Å²) in [6.07, 6.45) is 1.78. The molecule has 0 bridgehead atoms. The Morgan fingerprint density at radius 3 is 2.84 bits per heavy atom. The number of aryl methyl sites for hydroxylation is 1. The van der Waals surface area contributed by atoms with E-state index in [1.54, 1.807) is 42.2 Å². The summed E-state index contributed by atoms with van der Waals surface area (Å²) in [5.74, 6) is -0.133. The lowest BCUT2D eigenvalue weighted by molar-refractivity contribution is 0.0465. The predicted molar refractivity (Wildman–Crippen MR) is 69.7 cm³/mol. The highest BCUT2D eigenvalue weighted by Gasteiger charge is 2.17. The van der Waals surface area contributed by atoms with Gasteiger partial charge in [0, 0.05) is 18.9 Å². The molecular formula is C13H15N3O3. The van der Waals surface area contributed by atoms with Gasteiger partial charge in [0.05, 0.1) is 12.8 Å². The van der Waals surface area contributed by atoms with Crippen molar-refractivity contribution in [2.24, 2.45) is 7.05 Å². The van der Waals surface area contributed by atoms with Gasteiger partial charge in [0.25, 0.3) is 0 Å². The van der Waals surface area contributed by atoms with Crippen molar-refractivity contribution in [2.45, 2.75) is 6.61 Å². The predicted octanol–water partition coefficient (Wildman–Crippen LogP) is 1.37. The SMILES string of the molecule is COc1cccc(N)c1C(=O)OCc1ccn(C)n1. The van der Waals surface area contributed by atoms with Crippen LogP contribution in [0.4, 0.5) is 5.69 Å². The van der Waals surface area contributed by atoms with E-state index in [4.69, 9.17) is 15.2 Å². The van der Waals surface area contributed by atoms with Crippen molar-refractivity contribution in [1.29, 1.82) is 0 Å². The minimum atomic E-state index is -0.527. The summed E-state index contributed by atoms with van der Waals surface area (Å²) >= 11 is 0. The van der Waals surface area contributed by atoms with Gasteiger partial charge in [-0.25, -0.2) is 4.79 Å². The molecule has 0 aliphatic rings. The summed E-state index contributed by atoms with van der Waals surface area (Å²) < 4.78 is 11.9. The molecule has 0 saturated heterocycles. The molecule has 0 radical (unpaired) electrons. The second-order valence-electron chi connectivity index (χ2n) is 3.98. The highest BCUT2D eigenvalue weighted by molar-refractivity contribution is 5.98. The van der Waals surface area contributed by atoms with Crippen LogP contribution in [0.15, 0.2) is 30.5 Å². The highest BCUT2D eigenvalue weighted by Crippen LogP contribution is 2.25. The number of nitrogen functional groups attached to an aromatic ring is 1. The van der Waals surface area contributed by atoms with Crippen LogP contribution in [0, 0.1) is 0 Å². The zero-order valence-corrected chi connectivity index (χ0v) is 10.8. The fraction of sp³-hybridized carbons (Fsp3) is 0.231. The smallest absolute Gasteiger partial charge is 0.344 e. The van der Waals surface area contributed by atoms with Crippen LogP contribution in [0.3, 0.4) is 0 Å². The van der Waals surface area contributed by atoms with Gasteiger partial charge in [0.1, 0.15) is 17.9 Å². The first kappa shape index (κ1) is 12.9. The van der Waals surface area contributed by atoms with Crippen molar-refractivity contribution in [3.05, 3.63) is 41.7 Å². The van der Waals surface area contributed by atoms with Crippen LogP contribution in [0.25, 0.3) is 0 Å². The summed E-state index contributed by atoms with van der Waals surface area (Å²) in [7, 11) is 3.27. The van der Waals surface area contributed by atoms with Crippen LogP contribution >= 0.6 is 0 Å². The highest BCUT2D eigenvalue weighted by atomic mass is 16.5. The van der Waals surface area contributed by atoms with Gasteiger partial charge < -0.3 is 15.2 Å². The molecule has 1 aromatic carbocycles. The fourth-order valence-electron chi connectivity index (χ4n) is 1.69. The Kier molecular flexibility index (Phi) is 3.70. The first-order chi connectivity index (χ1) is 9.11. The maximum atomic E-state index is 12.0. The average Bonchev–Trinajstić information content (AvgIpc) is 2.81. The van der Waals surface area contributed by atoms with Crippen LogP contribution in [-0.2, 0) is 18.4 Å². The van der Waals surface area contributed by atoms with Crippen molar-refractivity contribution >= 4 is 11.7 Å². The molecule has 19 heavy (non-hydrogen) atoms. The number of hydrogen-bond donors (Lipinski definition) is 1. The topological polar surface area (TPSA) is 79.4 Å². The molecule has 0 saturated carbocycles. The molecule has 0 fully saturated rings. The Morgan fingerprint density at radius 2 is 2.21 bits per heavy atom. The number of benzene rings is 1. The Balaban J connectivity index is 2.12. The number of carbonyl (C=O) groups is 1. The van der Waals surface area contributed by atoms with Gasteiger partial charge >= 0.3 is 5.97 Å². The third-order valence-corrected chi connectivity index (χ3v) is 2.60. The fourth-order valence-corrected chi connectivity index (χ4v) is 1.69. The van der Waals surface area contributed by atoms with E-state index in [1.807, 2.05) is 0 Å². The number of ether oxygens (including phenoxy) is 2. The summed E-state index contributed by atoms with van der Waals surface area (Å²) in [6, 6.07) is 6.77. The molecule has 6 heteroatoms. The molecule has 1 heterocycles. The summed E-state index contributed by atoms with van der Waals surface area (Å²) in [6.45, 7) is 0.0944. The van der Waals surface area contributed by atoms with E-state index in [9.17, 15) is 4.79 Å². The molecule has 100 valence electrons. The van der Waals surface area contributed by atoms with Gasteiger partial charge in [-0.15, -0.1) is 0 Å². The second-order valence-corrected chi connectivity index (χ2v) is 3.98. The lowest BCUT2D eigenvalue weighted by Crippen LogP contribution is -2.10. The lowest BCUT2D eigenvalue weighted by atomic mass is 10.1. The molecular weight excluding hydrogens is 246 g/mol. The van der Waals surface area contributed by atoms with Crippen LogP contribution < -0.4 is 10.5 Å². The molecule has 0 spiro atoms. The first-order valence-corrected chi connectivity index (χ1v) is 5.70. The van der Waals surface area contributed by atoms with Crippen molar-refractivity contribution < 1.29 is 14.3 Å². The molecule has 2 aromatic rings. The summed E-state index contributed by atoms with van der Waals surface area (Å²) in [5.41, 5.74) is 7.00. The maximum absolute atomic E-state index is 12.0. The van der Waals surface area contributed by atoms with Crippen molar-refractivity contribution in [3.63, 3.8) is 0 Å². The van der Waals surface area contributed by atoms with E-state index in [0.717, 1.165) is 0 Å². The summed E-state index contributed by atoms with van der Waals surface area (Å²) in [5, 5.41) is 4.12. The van der Waals surface area contributed by atoms with E-state index in [2.05, 4.69) is 5.10 Å². The number of anilines is 1. The van der Waals surface area contributed by atoms with Crippen LogP contribution in [-0.4, -0.2) is 22.9 Å². The largest absolute Gasteiger partial charge is 0.496 e. The molecule has 0 aliphatic heterocycles. The van der Waals surface area contributed by atoms with Crippen LogP contribution in [0.2, 0.25) is 0 Å².